The van der Waals surface area contributed by atoms with Gasteiger partial charge in [0.05, 0.1) is 24.0 Å². The van der Waals surface area contributed by atoms with Crippen molar-refractivity contribution in [3.63, 3.8) is 0 Å². The van der Waals surface area contributed by atoms with E-state index >= 15 is 0 Å². The van der Waals surface area contributed by atoms with Crippen LogP contribution in [0.2, 0.25) is 5.02 Å². The topological polar surface area (TPSA) is 98.7 Å². The number of fused-ring (bicyclic) bond motifs is 1. The molecule has 42 heavy (non-hydrogen) atoms. The molecule has 1 saturated heterocycles. The summed E-state index contributed by atoms with van der Waals surface area (Å²) in [5.41, 5.74) is 6.55. The number of anilines is 3. The van der Waals surface area contributed by atoms with Gasteiger partial charge in [-0.25, -0.2) is 10.0 Å². The molecule has 2 aliphatic rings. The Balaban J connectivity index is 1.33. The molecule has 0 spiro atoms. The van der Waals surface area contributed by atoms with E-state index in [1.165, 1.54) is 6.92 Å². The molecule has 0 saturated carbocycles. The van der Waals surface area contributed by atoms with E-state index in [-0.39, 0.29) is 24.5 Å². The van der Waals surface area contributed by atoms with Crippen molar-refractivity contribution in [2.45, 2.75) is 26.8 Å². The number of carbonyl (C=O) groups excluding carboxylic acids is 2. The standard InChI is InChI=1S/C31H35ClN6O4/c1-4-41-29-8-6-5-7-28(29)38-31(34-26-14-11-24(33-22(3)39)19-27(26)35-38)21(2)36-15-17-37(18-16-36)30(40)20-42-25-12-9-23(32)10-13-25/h5-14,19,21,35H,4,15-18,20H2,1-3H3,(H,33,39). The quantitative estimate of drug-likeness (QED) is 0.354. The average molecular weight is 591 g/mol. The first-order valence-electron chi connectivity index (χ1n) is 14.0. The molecule has 0 radical (unpaired) electrons. The lowest BCUT2D eigenvalue weighted by Crippen LogP contribution is -2.57. The first kappa shape index (κ1) is 29.2. The molecule has 1 atom stereocenters. The van der Waals surface area contributed by atoms with Crippen LogP contribution in [0.5, 0.6) is 11.5 Å². The van der Waals surface area contributed by atoms with Crippen molar-refractivity contribution in [1.29, 1.82) is 0 Å². The van der Waals surface area contributed by atoms with Crippen molar-refractivity contribution < 1.29 is 19.1 Å². The average Bonchev–Trinajstić information content (AvgIpc) is 3.00. The summed E-state index contributed by atoms with van der Waals surface area (Å²) < 4.78 is 11.6. The number of carbonyl (C=O) groups is 2. The van der Waals surface area contributed by atoms with E-state index < -0.39 is 0 Å². The van der Waals surface area contributed by atoms with Crippen molar-refractivity contribution in [2.24, 2.45) is 4.99 Å². The monoisotopic (exact) mass is 590 g/mol. The number of ether oxygens (including phenoxy) is 2. The summed E-state index contributed by atoms with van der Waals surface area (Å²) in [5.74, 6) is 1.94. The summed E-state index contributed by atoms with van der Waals surface area (Å²) >= 11 is 5.93. The van der Waals surface area contributed by atoms with Gasteiger partial charge in [0, 0.05) is 43.8 Å². The van der Waals surface area contributed by atoms with Gasteiger partial charge in [-0.2, -0.15) is 0 Å². The third-order valence-electron chi connectivity index (χ3n) is 7.18. The van der Waals surface area contributed by atoms with E-state index in [1.807, 2.05) is 59.3 Å². The summed E-state index contributed by atoms with van der Waals surface area (Å²) in [6, 6.07) is 20.3. The van der Waals surface area contributed by atoms with Crippen LogP contribution >= 0.6 is 11.6 Å². The van der Waals surface area contributed by atoms with Gasteiger partial charge >= 0.3 is 0 Å². The Bertz CT molecular complexity index is 1460. The normalized spacial score (nSPS) is 15.7. The lowest BCUT2D eigenvalue weighted by atomic mass is 10.1. The van der Waals surface area contributed by atoms with Gasteiger partial charge in [0.25, 0.3) is 5.91 Å². The number of amidine groups is 1. The molecule has 2 heterocycles. The van der Waals surface area contributed by atoms with Crippen LogP contribution in [0, 0.1) is 0 Å². The smallest absolute Gasteiger partial charge is 0.260 e. The summed E-state index contributed by atoms with van der Waals surface area (Å²) in [4.78, 5) is 33.7. The number of nitrogens with one attached hydrogen (secondary N) is 2. The van der Waals surface area contributed by atoms with Crippen molar-refractivity contribution in [2.75, 3.05) is 55.1 Å². The van der Waals surface area contributed by atoms with Crippen LogP contribution in [0.3, 0.4) is 0 Å². The number of nitrogens with zero attached hydrogens (tertiary/aromatic N) is 4. The van der Waals surface area contributed by atoms with Crippen molar-refractivity contribution in [3.8, 4) is 11.5 Å². The van der Waals surface area contributed by atoms with E-state index in [4.69, 9.17) is 26.1 Å². The van der Waals surface area contributed by atoms with Crippen LogP contribution in [0.15, 0.2) is 71.7 Å². The molecule has 10 nitrogen and oxygen atoms in total. The number of rotatable bonds is 9. The lowest BCUT2D eigenvalue weighted by molar-refractivity contribution is -0.135. The molecule has 2 N–H and O–H groups in total. The van der Waals surface area contributed by atoms with Crippen LogP contribution in [-0.2, 0) is 9.59 Å². The number of hydrazine groups is 1. The molecule has 5 rings (SSSR count). The fourth-order valence-corrected chi connectivity index (χ4v) is 5.15. The summed E-state index contributed by atoms with van der Waals surface area (Å²) in [5, 5.41) is 5.41. The van der Waals surface area contributed by atoms with E-state index in [0.717, 1.165) is 28.6 Å². The predicted molar refractivity (Wildman–Crippen MR) is 166 cm³/mol. The van der Waals surface area contributed by atoms with Gasteiger partial charge in [-0.3, -0.25) is 19.9 Å². The Kier molecular flexibility index (Phi) is 9.14. The van der Waals surface area contributed by atoms with Crippen LogP contribution in [0.4, 0.5) is 22.7 Å². The second-order valence-corrected chi connectivity index (χ2v) is 10.5. The van der Waals surface area contributed by atoms with Crippen LogP contribution in [0.1, 0.15) is 20.8 Å². The Labute approximate surface area is 250 Å². The third kappa shape index (κ3) is 6.78. The van der Waals surface area contributed by atoms with E-state index in [2.05, 4.69) is 22.6 Å². The van der Waals surface area contributed by atoms with E-state index in [1.54, 1.807) is 24.3 Å². The van der Waals surface area contributed by atoms with Gasteiger partial charge in [-0.15, -0.1) is 0 Å². The summed E-state index contributed by atoms with van der Waals surface area (Å²) in [6.07, 6.45) is 0. The highest BCUT2D eigenvalue weighted by molar-refractivity contribution is 6.30. The second-order valence-electron chi connectivity index (χ2n) is 10.1. The van der Waals surface area contributed by atoms with Crippen LogP contribution in [-0.4, -0.2) is 72.9 Å². The van der Waals surface area contributed by atoms with Crippen molar-refractivity contribution in [3.05, 3.63) is 71.8 Å². The number of piperazine rings is 1. The minimum atomic E-state index is -0.142. The van der Waals surface area contributed by atoms with Gasteiger partial charge in [-0.1, -0.05) is 23.7 Å². The zero-order valence-electron chi connectivity index (χ0n) is 24.0. The van der Waals surface area contributed by atoms with Crippen molar-refractivity contribution >= 4 is 52.0 Å². The molecule has 3 aromatic carbocycles. The molecular formula is C31H35ClN6O4. The van der Waals surface area contributed by atoms with E-state index in [0.29, 0.717) is 49.2 Å². The van der Waals surface area contributed by atoms with Gasteiger partial charge in [0.1, 0.15) is 23.0 Å². The number of amides is 2. The number of benzene rings is 3. The minimum absolute atomic E-state index is 0.0208. The third-order valence-corrected chi connectivity index (χ3v) is 7.44. The van der Waals surface area contributed by atoms with Gasteiger partial charge in [0.15, 0.2) is 6.61 Å². The molecule has 3 aromatic rings. The highest BCUT2D eigenvalue weighted by Gasteiger charge is 2.33. The zero-order chi connectivity index (χ0) is 29.6. The molecule has 0 aromatic heterocycles. The van der Waals surface area contributed by atoms with Gasteiger partial charge in [0.2, 0.25) is 5.91 Å². The SMILES string of the molecule is CCOc1ccccc1N1Nc2cc(NC(C)=O)ccc2N=C1C(C)N1CCN(C(=O)COc2ccc(Cl)cc2)CC1. The highest BCUT2D eigenvalue weighted by Crippen LogP contribution is 2.38. The Hall–Kier alpha value is -4.28. The fourth-order valence-electron chi connectivity index (χ4n) is 5.03. The highest BCUT2D eigenvalue weighted by atomic mass is 35.5. The maximum Gasteiger partial charge on any atom is 0.260 e. The largest absolute Gasteiger partial charge is 0.492 e. The van der Waals surface area contributed by atoms with E-state index in [9.17, 15) is 9.59 Å². The Morgan fingerprint density at radius 2 is 1.76 bits per heavy atom. The van der Waals surface area contributed by atoms with Gasteiger partial charge in [-0.05, 0) is 68.4 Å². The molecule has 11 heteroatoms. The van der Waals surface area contributed by atoms with Crippen LogP contribution in [0.25, 0.3) is 0 Å². The molecule has 2 aliphatic heterocycles. The minimum Gasteiger partial charge on any atom is -0.492 e. The number of hydrogen-bond donors (Lipinski definition) is 2. The first-order chi connectivity index (χ1) is 20.3. The summed E-state index contributed by atoms with van der Waals surface area (Å²) in [7, 11) is 0. The number of hydrogen-bond acceptors (Lipinski definition) is 8. The lowest BCUT2D eigenvalue weighted by Gasteiger charge is -2.42. The Morgan fingerprint density at radius 3 is 2.48 bits per heavy atom. The Morgan fingerprint density at radius 1 is 1.02 bits per heavy atom. The molecule has 0 aliphatic carbocycles. The van der Waals surface area contributed by atoms with Gasteiger partial charge < -0.3 is 19.7 Å². The number of halogens is 1. The first-order valence-corrected chi connectivity index (χ1v) is 14.4. The molecule has 1 fully saturated rings. The molecule has 2 amide bonds. The molecule has 0 bridgehead atoms. The molecule has 1 unspecified atom stereocenters. The zero-order valence-corrected chi connectivity index (χ0v) is 24.7. The maximum atomic E-state index is 12.9. The fraction of sp³-hybridized carbons (Fsp3) is 0.323. The molecular weight excluding hydrogens is 556 g/mol. The number of aliphatic imine (C=N–C) groups is 1. The molecule has 220 valence electrons. The van der Waals surface area contributed by atoms with Crippen molar-refractivity contribution in [1.82, 2.24) is 9.80 Å². The second kappa shape index (κ2) is 13.1. The maximum absolute atomic E-state index is 12.9. The van der Waals surface area contributed by atoms with Crippen LogP contribution < -0.4 is 25.2 Å². The summed E-state index contributed by atoms with van der Waals surface area (Å²) in [6.45, 7) is 8.59. The predicted octanol–water partition coefficient (Wildman–Crippen LogP) is 5.19. The number of para-hydroxylation sites is 2.